The SMILES string of the molecule is COCCN1C(=O)C(=O)/C(=C(/O)c2ccc(OC)c(Cl)c2)C1c1c[nH]c2ccccc12. The first-order chi connectivity index (χ1) is 15.0. The number of aromatic nitrogens is 1. The van der Waals surface area contributed by atoms with E-state index in [2.05, 4.69) is 4.98 Å². The second kappa shape index (κ2) is 8.45. The summed E-state index contributed by atoms with van der Waals surface area (Å²) < 4.78 is 10.3. The molecule has 2 N–H and O–H groups in total. The lowest BCUT2D eigenvalue weighted by Gasteiger charge is -2.24. The van der Waals surface area contributed by atoms with Gasteiger partial charge in [-0.2, -0.15) is 0 Å². The first kappa shape index (κ1) is 21.0. The second-order valence-corrected chi connectivity index (χ2v) is 7.53. The van der Waals surface area contributed by atoms with Gasteiger partial charge in [-0.15, -0.1) is 0 Å². The van der Waals surface area contributed by atoms with Gasteiger partial charge < -0.3 is 24.5 Å². The Morgan fingerprint density at radius 1 is 1.19 bits per heavy atom. The number of aromatic amines is 1. The highest BCUT2D eigenvalue weighted by Gasteiger charge is 2.46. The number of H-pyrrole nitrogens is 1. The number of hydrogen-bond acceptors (Lipinski definition) is 5. The summed E-state index contributed by atoms with van der Waals surface area (Å²) in [7, 11) is 3.01. The minimum Gasteiger partial charge on any atom is -0.507 e. The van der Waals surface area contributed by atoms with Gasteiger partial charge in [0.1, 0.15) is 11.5 Å². The van der Waals surface area contributed by atoms with Crippen molar-refractivity contribution in [1.29, 1.82) is 0 Å². The number of hydrogen-bond donors (Lipinski definition) is 2. The van der Waals surface area contributed by atoms with Crippen molar-refractivity contribution in [2.45, 2.75) is 6.04 Å². The largest absolute Gasteiger partial charge is 0.507 e. The molecule has 8 heteroatoms. The molecule has 1 atom stereocenters. The van der Waals surface area contributed by atoms with E-state index < -0.39 is 17.7 Å². The lowest BCUT2D eigenvalue weighted by molar-refractivity contribution is -0.140. The van der Waals surface area contributed by atoms with Gasteiger partial charge in [-0.05, 0) is 24.3 Å². The first-order valence-electron chi connectivity index (χ1n) is 9.65. The third-order valence-electron chi connectivity index (χ3n) is 5.42. The molecule has 1 aliphatic rings. The molecule has 2 aromatic carbocycles. The zero-order chi connectivity index (χ0) is 22.1. The van der Waals surface area contributed by atoms with Crippen LogP contribution in [0.2, 0.25) is 5.02 Å². The number of nitrogens with zero attached hydrogens (tertiary/aromatic N) is 1. The van der Waals surface area contributed by atoms with Crippen LogP contribution in [0.1, 0.15) is 17.2 Å². The summed E-state index contributed by atoms with van der Waals surface area (Å²) in [6.07, 6.45) is 1.76. The van der Waals surface area contributed by atoms with Crippen molar-refractivity contribution in [3.8, 4) is 5.75 Å². The van der Waals surface area contributed by atoms with Crippen LogP contribution in [0.25, 0.3) is 16.7 Å². The summed E-state index contributed by atoms with van der Waals surface area (Å²) in [5.41, 5.74) is 1.90. The topological polar surface area (TPSA) is 91.9 Å². The lowest BCUT2D eigenvalue weighted by atomic mass is 9.95. The third-order valence-corrected chi connectivity index (χ3v) is 5.71. The fourth-order valence-corrected chi connectivity index (χ4v) is 4.17. The molecule has 0 spiro atoms. The quantitative estimate of drug-likeness (QED) is 0.344. The highest BCUT2D eigenvalue weighted by molar-refractivity contribution is 6.46. The molecular formula is C23H21ClN2O5. The van der Waals surface area contributed by atoms with E-state index in [1.807, 2.05) is 24.3 Å². The van der Waals surface area contributed by atoms with Crippen LogP contribution < -0.4 is 4.74 Å². The minimum absolute atomic E-state index is 0.00656. The number of aliphatic hydroxyl groups excluding tert-OH is 1. The molecule has 160 valence electrons. The van der Waals surface area contributed by atoms with E-state index in [0.29, 0.717) is 16.9 Å². The summed E-state index contributed by atoms with van der Waals surface area (Å²) in [4.78, 5) is 30.5. The van der Waals surface area contributed by atoms with Crippen molar-refractivity contribution in [2.75, 3.05) is 27.4 Å². The summed E-state index contributed by atoms with van der Waals surface area (Å²) in [5.74, 6) is -1.30. The van der Waals surface area contributed by atoms with Gasteiger partial charge in [-0.3, -0.25) is 9.59 Å². The van der Waals surface area contributed by atoms with Gasteiger partial charge in [0.05, 0.1) is 30.4 Å². The molecule has 1 amide bonds. The Hall–Kier alpha value is -3.29. The molecule has 0 bridgehead atoms. The number of Topliss-reactive ketones (excluding diaryl/α,β-unsaturated/α-hetero) is 1. The van der Waals surface area contributed by atoms with E-state index in [1.54, 1.807) is 18.3 Å². The second-order valence-electron chi connectivity index (χ2n) is 7.12. The van der Waals surface area contributed by atoms with Crippen molar-refractivity contribution < 1.29 is 24.2 Å². The molecule has 1 saturated heterocycles. The molecule has 1 unspecified atom stereocenters. The molecule has 4 rings (SSSR count). The molecule has 3 aromatic rings. The highest BCUT2D eigenvalue weighted by atomic mass is 35.5. The Morgan fingerprint density at radius 2 is 1.97 bits per heavy atom. The van der Waals surface area contributed by atoms with Gasteiger partial charge in [0.25, 0.3) is 11.7 Å². The summed E-state index contributed by atoms with van der Waals surface area (Å²) >= 11 is 6.21. The number of methoxy groups -OCH3 is 2. The predicted molar refractivity (Wildman–Crippen MR) is 117 cm³/mol. The monoisotopic (exact) mass is 440 g/mol. The van der Waals surface area contributed by atoms with Crippen molar-refractivity contribution in [2.24, 2.45) is 0 Å². The van der Waals surface area contributed by atoms with E-state index in [0.717, 1.165) is 10.9 Å². The number of fused-ring (bicyclic) bond motifs is 1. The number of ether oxygens (including phenoxy) is 2. The Bertz CT molecular complexity index is 1200. The average Bonchev–Trinajstić information content (AvgIpc) is 3.30. The van der Waals surface area contributed by atoms with Crippen molar-refractivity contribution >= 4 is 40.0 Å². The predicted octanol–water partition coefficient (Wildman–Crippen LogP) is 3.90. The highest BCUT2D eigenvalue weighted by Crippen LogP contribution is 2.42. The summed E-state index contributed by atoms with van der Waals surface area (Å²) in [5, 5.41) is 12.3. The number of rotatable bonds is 6. The van der Waals surface area contributed by atoms with Crippen LogP contribution in [0.4, 0.5) is 0 Å². The summed E-state index contributed by atoms with van der Waals surface area (Å²) in [6.45, 7) is 0.450. The fraction of sp³-hybridized carbons (Fsp3) is 0.217. The molecule has 0 saturated carbocycles. The molecule has 1 aliphatic heterocycles. The molecule has 2 heterocycles. The molecule has 0 radical (unpaired) electrons. The van der Waals surface area contributed by atoms with Gasteiger partial charge in [-0.25, -0.2) is 0 Å². The molecule has 0 aliphatic carbocycles. The van der Waals surface area contributed by atoms with Crippen LogP contribution in [0, 0.1) is 0 Å². The van der Waals surface area contributed by atoms with Gasteiger partial charge >= 0.3 is 0 Å². The summed E-state index contributed by atoms with van der Waals surface area (Å²) in [6, 6.07) is 11.5. The Labute approximate surface area is 183 Å². The maximum absolute atomic E-state index is 13.0. The normalized spacial score (nSPS) is 18.2. The number of halogens is 1. The minimum atomic E-state index is -0.771. The number of likely N-dealkylation sites (tertiary alicyclic amines) is 1. The maximum Gasteiger partial charge on any atom is 0.295 e. The number of aliphatic hydroxyl groups is 1. The number of nitrogens with one attached hydrogen (secondary N) is 1. The number of benzene rings is 2. The Morgan fingerprint density at radius 3 is 2.68 bits per heavy atom. The van der Waals surface area contributed by atoms with Crippen LogP contribution in [-0.4, -0.2) is 54.1 Å². The zero-order valence-electron chi connectivity index (χ0n) is 17.0. The van der Waals surface area contributed by atoms with Crippen molar-refractivity contribution in [1.82, 2.24) is 9.88 Å². The smallest absolute Gasteiger partial charge is 0.295 e. The van der Waals surface area contributed by atoms with Crippen LogP contribution in [0.3, 0.4) is 0 Å². The van der Waals surface area contributed by atoms with Crippen molar-refractivity contribution in [3.63, 3.8) is 0 Å². The number of carbonyl (C=O) groups excluding carboxylic acids is 2. The maximum atomic E-state index is 13.0. The number of ketones is 1. The van der Waals surface area contributed by atoms with Crippen LogP contribution in [0.15, 0.2) is 54.2 Å². The third kappa shape index (κ3) is 3.56. The van der Waals surface area contributed by atoms with Crippen LogP contribution in [0.5, 0.6) is 5.75 Å². The van der Waals surface area contributed by atoms with E-state index in [-0.39, 0.29) is 29.5 Å². The molecule has 1 fully saturated rings. The van der Waals surface area contributed by atoms with Gasteiger partial charge in [0.2, 0.25) is 0 Å². The van der Waals surface area contributed by atoms with Crippen molar-refractivity contribution in [3.05, 3.63) is 70.4 Å². The first-order valence-corrected chi connectivity index (χ1v) is 10.0. The van der Waals surface area contributed by atoms with E-state index >= 15 is 0 Å². The van der Waals surface area contributed by atoms with E-state index in [9.17, 15) is 14.7 Å². The van der Waals surface area contributed by atoms with Gasteiger partial charge in [0.15, 0.2) is 0 Å². The number of amides is 1. The molecule has 7 nitrogen and oxygen atoms in total. The van der Waals surface area contributed by atoms with E-state index in [4.69, 9.17) is 21.1 Å². The molecule has 31 heavy (non-hydrogen) atoms. The van der Waals surface area contributed by atoms with Gasteiger partial charge in [-0.1, -0.05) is 29.8 Å². The lowest BCUT2D eigenvalue weighted by Crippen LogP contribution is -2.32. The molecule has 1 aromatic heterocycles. The number of carbonyl (C=O) groups is 2. The van der Waals surface area contributed by atoms with Crippen LogP contribution in [-0.2, 0) is 14.3 Å². The standard InChI is InChI=1S/C23H21ClN2O5/c1-30-10-9-26-20(15-12-25-17-6-4-3-5-14(15)17)19(22(28)23(26)29)21(27)13-7-8-18(31-2)16(24)11-13/h3-8,11-12,20,25,27H,9-10H2,1-2H3/b21-19+. The Kier molecular flexibility index (Phi) is 5.71. The molecular weight excluding hydrogens is 420 g/mol. The average molecular weight is 441 g/mol. The van der Waals surface area contributed by atoms with Crippen LogP contribution >= 0.6 is 11.6 Å². The fourth-order valence-electron chi connectivity index (χ4n) is 3.91. The Balaban J connectivity index is 1.91. The van der Waals surface area contributed by atoms with E-state index in [1.165, 1.54) is 25.2 Å². The number of para-hydroxylation sites is 1. The van der Waals surface area contributed by atoms with Gasteiger partial charge in [0, 0.05) is 41.9 Å². The zero-order valence-corrected chi connectivity index (χ0v) is 17.8.